The van der Waals surface area contributed by atoms with Gasteiger partial charge >= 0.3 is 0 Å². The number of sulfone groups is 1. The fraction of sp³-hybridized carbons (Fsp3) is 0.941. The van der Waals surface area contributed by atoms with Crippen molar-refractivity contribution in [2.24, 2.45) is 10.4 Å². The molecule has 0 spiro atoms. The van der Waals surface area contributed by atoms with Crippen molar-refractivity contribution in [3.8, 4) is 0 Å². The van der Waals surface area contributed by atoms with Crippen molar-refractivity contribution in [3.63, 3.8) is 0 Å². The minimum absolute atomic E-state index is 0. The molecule has 0 aromatic carbocycles. The molecule has 0 aliphatic heterocycles. The molecule has 25 heavy (non-hydrogen) atoms. The molecule has 2 saturated carbocycles. The molecule has 0 heterocycles. The van der Waals surface area contributed by atoms with Crippen molar-refractivity contribution in [2.75, 3.05) is 38.8 Å². The van der Waals surface area contributed by atoms with Crippen molar-refractivity contribution in [1.82, 2.24) is 10.6 Å². The highest BCUT2D eigenvalue weighted by Crippen LogP contribution is 2.45. The summed E-state index contributed by atoms with van der Waals surface area (Å²) in [5.74, 6) is 0.980. The summed E-state index contributed by atoms with van der Waals surface area (Å²) < 4.78 is 28.9. The predicted molar refractivity (Wildman–Crippen MR) is 114 cm³/mol. The summed E-state index contributed by atoms with van der Waals surface area (Å²) in [6.45, 7) is 2.05. The standard InChI is InChI=1S/C17H33N3O3S.HI/c1-18-16(20-13-17(9-10-17)14-24(2,21)22)19-11-12-23-15-7-5-3-4-6-8-15;/h15H,3-14H2,1-2H3,(H2,18,19,20);1H. The third-order valence-corrected chi connectivity index (χ3v) is 6.07. The lowest BCUT2D eigenvalue weighted by Gasteiger charge is -2.19. The van der Waals surface area contributed by atoms with Crippen LogP contribution in [-0.4, -0.2) is 59.2 Å². The molecule has 2 aliphatic carbocycles. The molecule has 0 bridgehead atoms. The van der Waals surface area contributed by atoms with Crippen molar-refractivity contribution in [1.29, 1.82) is 0 Å². The van der Waals surface area contributed by atoms with Crippen LogP contribution in [0.5, 0.6) is 0 Å². The first kappa shape index (κ1) is 23.0. The zero-order valence-electron chi connectivity index (χ0n) is 15.6. The highest BCUT2D eigenvalue weighted by atomic mass is 127. The van der Waals surface area contributed by atoms with Gasteiger partial charge < -0.3 is 15.4 Å². The molecule has 0 saturated heterocycles. The zero-order valence-corrected chi connectivity index (χ0v) is 18.7. The molecule has 0 atom stereocenters. The molecule has 8 heteroatoms. The van der Waals surface area contributed by atoms with E-state index in [-0.39, 0.29) is 35.1 Å². The summed E-state index contributed by atoms with van der Waals surface area (Å²) >= 11 is 0. The van der Waals surface area contributed by atoms with Gasteiger partial charge in [0.15, 0.2) is 5.96 Å². The van der Waals surface area contributed by atoms with Gasteiger partial charge in [-0.3, -0.25) is 4.99 Å². The number of guanidine groups is 1. The molecule has 0 aromatic rings. The van der Waals surface area contributed by atoms with Gasteiger partial charge in [0, 0.05) is 31.8 Å². The van der Waals surface area contributed by atoms with Gasteiger partial charge in [-0.05, 0) is 25.7 Å². The molecule has 6 nitrogen and oxygen atoms in total. The van der Waals surface area contributed by atoms with E-state index in [2.05, 4.69) is 15.6 Å². The second kappa shape index (κ2) is 10.9. The van der Waals surface area contributed by atoms with Gasteiger partial charge in [0.05, 0.1) is 18.5 Å². The van der Waals surface area contributed by atoms with Gasteiger partial charge in [-0.2, -0.15) is 0 Å². The summed E-state index contributed by atoms with van der Waals surface area (Å²) in [6, 6.07) is 0. The van der Waals surface area contributed by atoms with Crippen LogP contribution in [0.25, 0.3) is 0 Å². The number of halogens is 1. The monoisotopic (exact) mass is 487 g/mol. The van der Waals surface area contributed by atoms with Gasteiger partial charge in [0.2, 0.25) is 0 Å². The van der Waals surface area contributed by atoms with E-state index in [4.69, 9.17) is 4.74 Å². The second-order valence-electron chi connectivity index (χ2n) is 7.41. The average molecular weight is 487 g/mol. The molecule has 0 unspecified atom stereocenters. The van der Waals surface area contributed by atoms with E-state index in [1.54, 1.807) is 7.05 Å². The fourth-order valence-corrected chi connectivity index (χ4v) is 4.90. The Morgan fingerprint density at radius 2 is 1.80 bits per heavy atom. The topological polar surface area (TPSA) is 79.8 Å². The van der Waals surface area contributed by atoms with E-state index < -0.39 is 9.84 Å². The van der Waals surface area contributed by atoms with Crippen LogP contribution in [0.2, 0.25) is 0 Å². The van der Waals surface area contributed by atoms with Crippen LogP contribution in [0.1, 0.15) is 51.4 Å². The first-order valence-electron chi connectivity index (χ1n) is 9.16. The fourth-order valence-electron chi connectivity index (χ4n) is 3.40. The number of ether oxygens (including phenoxy) is 1. The third kappa shape index (κ3) is 9.42. The van der Waals surface area contributed by atoms with E-state index >= 15 is 0 Å². The first-order chi connectivity index (χ1) is 11.4. The zero-order chi connectivity index (χ0) is 17.5. The van der Waals surface area contributed by atoms with Crippen LogP contribution in [0.15, 0.2) is 4.99 Å². The third-order valence-electron chi connectivity index (χ3n) is 4.93. The number of hydrogen-bond acceptors (Lipinski definition) is 4. The first-order valence-corrected chi connectivity index (χ1v) is 11.2. The molecule has 0 aromatic heterocycles. The van der Waals surface area contributed by atoms with E-state index in [9.17, 15) is 8.42 Å². The van der Waals surface area contributed by atoms with Gasteiger partial charge in [-0.1, -0.05) is 25.7 Å². The summed E-state index contributed by atoms with van der Waals surface area (Å²) in [7, 11) is -1.20. The molecular weight excluding hydrogens is 453 g/mol. The van der Waals surface area contributed by atoms with Crippen LogP contribution in [0.4, 0.5) is 0 Å². The van der Waals surface area contributed by atoms with Gasteiger partial charge in [-0.25, -0.2) is 8.42 Å². The van der Waals surface area contributed by atoms with Crippen LogP contribution in [-0.2, 0) is 14.6 Å². The number of nitrogens with one attached hydrogen (secondary N) is 2. The Morgan fingerprint density at radius 1 is 1.16 bits per heavy atom. The van der Waals surface area contributed by atoms with Gasteiger partial charge in [0.25, 0.3) is 0 Å². The average Bonchev–Trinajstić information content (AvgIpc) is 3.30. The predicted octanol–water partition coefficient (Wildman–Crippen LogP) is 2.33. The Morgan fingerprint density at radius 3 is 2.32 bits per heavy atom. The Balaban J connectivity index is 0.00000312. The quantitative estimate of drug-likeness (QED) is 0.181. The highest BCUT2D eigenvalue weighted by Gasteiger charge is 2.45. The number of nitrogens with zero attached hydrogens (tertiary/aromatic N) is 1. The van der Waals surface area contributed by atoms with Crippen molar-refractivity contribution in [2.45, 2.75) is 57.5 Å². The van der Waals surface area contributed by atoms with Crippen molar-refractivity contribution < 1.29 is 13.2 Å². The summed E-state index contributed by atoms with van der Waals surface area (Å²) in [4.78, 5) is 4.20. The Kier molecular flexibility index (Phi) is 10.0. The lowest BCUT2D eigenvalue weighted by atomic mass is 10.1. The van der Waals surface area contributed by atoms with E-state index in [1.807, 2.05) is 0 Å². The normalized spacial score (nSPS) is 21.1. The van der Waals surface area contributed by atoms with Gasteiger partial charge in [0.1, 0.15) is 9.84 Å². The minimum atomic E-state index is -2.93. The second-order valence-corrected chi connectivity index (χ2v) is 9.55. The molecule has 2 aliphatic rings. The largest absolute Gasteiger partial charge is 0.376 e. The molecule has 0 amide bonds. The van der Waals surface area contributed by atoms with Crippen LogP contribution < -0.4 is 10.6 Å². The molecule has 2 N–H and O–H groups in total. The van der Waals surface area contributed by atoms with E-state index in [1.165, 1.54) is 44.8 Å². The van der Waals surface area contributed by atoms with Crippen LogP contribution in [0.3, 0.4) is 0 Å². The molecule has 2 fully saturated rings. The maximum absolute atomic E-state index is 11.5. The number of aliphatic imine (C=N–C) groups is 1. The minimum Gasteiger partial charge on any atom is -0.376 e. The maximum Gasteiger partial charge on any atom is 0.191 e. The molecule has 0 radical (unpaired) electrons. The highest BCUT2D eigenvalue weighted by molar-refractivity contribution is 14.0. The SMILES string of the molecule is CN=C(NCCOC1CCCCCC1)NCC1(CS(C)(=O)=O)CC1.I. The Bertz CT molecular complexity index is 513. The van der Waals surface area contributed by atoms with Crippen molar-refractivity contribution in [3.05, 3.63) is 0 Å². The van der Waals surface area contributed by atoms with Crippen molar-refractivity contribution >= 4 is 39.8 Å². The number of rotatable bonds is 8. The van der Waals surface area contributed by atoms with Crippen LogP contribution >= 0.6 is 24.0 Å². The van der Waals surface area contributed by atoms with Crippen LogP contribution in [0, 0.1) is 5.41 Å². The summed E-state index contributed by atoms with van der Waals surface area (Å²) in [6.07, 6.45) is 11.3. The maximum atomic E-state index is 11.5. The molecule has 2 rings (SSSR count). The Labute approximate surface area is 169 Å². The molecular formula is C17H34IN3O3S. The van der Waals surface area contributed by atoms with Gasteiger partial charge in [-0.15, -0.1) is 24.0 Å². The number of hydrogen-bond donors (Lipinski definition) is 2. The smallest absolute Gasteiger partial charge is 0.191 e. The lowest BCUT2D eigenvalue weighted by molar-refractivity contribution is 0.0468. The lowest BCUT2D eigenvalue weighted by Crippen LogP contribution is -2.42. The molecule has 148 valence electrons. The van der Waals surface area contributed by atoms with E-state index in [0.717, 1.165) is 25.3 Å². The van der Waals surface area contributed by atoms with E-state index in [0.29, 0.717) is 19.3 Å². The summed E-state index contributed by atoms with van der Waals surface area (Å²) in [5.41, 5.74) is -0.0952. The summed E-state index contributed by atoms with van der Waals surface area (Å²) in [5, 5.41) is 6.51. The Hall–Kier alpha value is -0.0900.